The quantitative estimate of drug-likeness (QED) is 0.772. The van der Waals surface area contributed by atoms with Gasteiger partial charge in [-0.25, -0.2) is 0 Å². The van der Waals surface area contributed by atoms with E-state index in [9.17, 15) is 0 Å². The van der Waals surface area contributed by atoms with E-state index in [4.69, 9.17) is 5.11 Å². The summed E-state index contributed by atoms with van der Waals surface area (Å²) in [6.45, 7) is 6.50. The molecule has 1 unspecified atom stereocenters. The molecule has 2 nitrogen and oxygen atoms in total. The molecule has 0 aromatic heterocycles. The Bertz CT molecular complexity index is 311. The van der Waals surface area contributed by atoms with E-state index in [1.165, 1.54) is 11.1 Å². The summed E-state index contributed by atoms with van der Waals surface area (Å²) < 4.78 is 0. The molecule has 90 valence electrons. The predicted octanol–water partition coefficient (Wildman–Crippen LogP) is 2.29. The maximum absolute atomic E-state index is 8.94. The zero-order valence-corrected chi connectivity index (χ0v) is 10.5. The maximum atomic E-state index is 8.94. The summed E-state index contributed by atoms with van der Waals surface area (Å²) >= 11 is 0. The van der Waals surface area contributed by atoms with Gasteiger partial charge in [0, 0.05) is 12.1 Å². The Balaban J connectivity index is 2.34. The van der Waals surface area contributed by atoms with Crippen LogP contribution in [0.3, 0.4) is 0 Å². The molecular formula is C14H23NO. The van der Waals surface area contributed by atoms with Crippen molar-refractivity contribution in [2.24, 2.45) is 0 Å². The number of aliphatic hydroxyl groups is 1. The SMILES string of the molecule is Cc1cccc(CCC(C)N[C@@H](C)CO)c1. The minimum atomic E-state index is 0.188. The zero-order chi connectivity index (χ0) is 12.0. The van der Waals surface area contributed by atoms with E-state index >= 15 is 0 Å². The molecule has 0 bridgehead atoms. The van der Waals surface area contributed by atoms with Crippen molar-refractivity contribution in [1.29, 1.82) is 0 Å². The van der Waals surface area contributed by atoms with Crippen LogP contribution in [0.25, 0.3) is 0 Å². The summed E-state index contributed by atoms with van der Waals surface area (Å²) in [5, 5.41) is 12.3. The number of rotatable bonds is 6. The molecule has 2 heteroatoms. The maximum Gasteiger partial charge on any atom is 0.0582 e. The topological polar surface area (TPSA) is 32.3 Å². The average Bonchev–Trinajstić information content (AvgIpc) is 2.26. The van der Waals surface area contributed by atoms with E-state index in [1.807, 2.05) is 6.92 Å². The highest BCUT2D eigenvalue weighted by molar-refractivity contribution is 5.22. The van der Waals surface area contributed by atoms with Gasteiger partial charge in [-0.1, -0.05) is 29.8 Å². The van der Waals surface area contributed by atoms with Gasteiger partial charge in [0.15, 0.2) is 0 Å². The monoisotopic (exact) mass is 221 g/mol. The van der Waals surface area contributed by atoms with Crippen molar-refractivity contribution < 1.29 is 5.11 Å². The van der Waals surface area contributed by atoms with Gasteiger partial charge in [0.05, 0.1) is 6.61 Å². The molecule has 2 N–H and O–H groups in total. The van der Waals surface area contributed by atoms with Crippen molar-refractivity contribution >= 4 is 0 Å². The Labute approximate surface area is 98.7 Å². The highest BCUT2D eigenvalue weighted by Gasteiger charge is 2.06. The lowest BCUT2D eigenvalue weighted by atomic mass is 10.0. The molecule has 0 saturated heterocycles. The number of aliphatic hydroxyl groups excluding tert-OH is 1. The Hall–Kier alpha value is -0.860. The molecule has 0 amide bonds. The van der Waals surface area contributed by atoms with E-state index in [-0.39, 0.29) is 12.6 Å². The molecule has 0 fully saturated rings. The van der Waals surface area contributed by atoms with E-state index in [2.05, 4.69) is 43.4 Å². The van der Waals surface area contributed by atoms with E-state index < -0.39 is 0 Å². The molecule has 2 atom stereocenters. The summed E-state index contributed by atoms with van der Waals surface area (Å²) in [5.41, 5.74) is 2.71. The van der Waals surface area contributed by atoms with Gasteiger partial charge in [0.2, 0.25) is 0 Å². The molecule has 1 aromatic carbocycles. The minimum absolute atomic E-state index is 0.188. The lowest BCUT2D eigenvalue weighted by molar-refractivity contribution is 0.241. The van der Waals surface area contributed by atoms with Crippen LogP contribution in [0.1, 0.15) is 31.4 Å². The van der Waals surface area contributed by atoms with Crippen LogP contribution in [0.5, 0.6) is 0 Å². The zero-order valence-electron chi connectivity index (χ0n) is 10.5. The summed E-state index contributed by atoms with van der Waals surface area (Å²) in [5.74, 6) is 0. The minimum Gasteiger partial charge on any atom is -0.395 e. The summed E-state index contributed by atoms with van der Waals surface area (Å²) in [7, 11) is 0. The molecule has 0 spiro atoms. The number of hydrogen-bond acceptors (Lipinski definition) is 2. The van der Waals surface area contributed by atoms with Crippen LogP contribution >= 0.6 is 0 Å². The number of aryl methyl sites for hydroxylation is 2. The molecule has 0 aliphatic rings. The predicted molar refractivity (Wildman–Crippen MR) is 68.6 cm³/mol. The van der Waals surface area contributed by atoms with Crippen LogP contribution in [-0.2, 0) is 6.42 Å². The van der Waals surface area contributed by atoms with E-state index in [1.54, 1.807) is 0 Å². The van der Waals surface area contributed by atoms with Gasteiger partial charge >= 0.3 is 0 Å². The van der Waals surface area contributed by atoms with Gasteiger partial charge < -0.3 is 10.4 Å². The second-order valence-electron chi connectivity index (χ2n) is 4.68. The standard InChI is InChI=1S/C14H23NO/c1-11-5-4-6-14(9-11)8-7-12(2)15-13(3)10-16/h4-6,9,12-13,15-16H,7-8,10H2,1-3H3/t12?,13-/m0/s1. The van der Waals surface area contributed by atoms with Crippen molar-refractivity contribution in [2.75, 3.05) is 6.61 Å². The van der Waals surface area contributed by atoms with Crippen molar-refractivity contribution in [2.45, 2.75) is 45.7 Å². The third-order valence-corrected chi connectivity index (χ3v) is 2.79. The van der Waals surface area contributed by atoms with Crippen molar-refractivity contribution in [3.8, 4) is 0 Å². The average molecular weight is 221 g/mol. The number of hydrogen-bond donors (Lipinski definition) is 2. The fourth-order valence-corrected chi connectivity index (χ4v) is 1.87. The highest BCUT2D eigenvalue weighted by Crippen LogP contribution is 2.08. The molecule has 0 heterocycles. The van der Waals surface area contributed by atoms with Gasteiger partial charge in [-0.15, -0.1) is 0 Å². The molecular weight excluding hydrogens is 198 g/mol. The first-order valence-electron chi connectivity index (χ1n) is 6.04. The second kappa shape index (κ2) is 6.66. The van der Waals surface area contributed by atoms with Crippen LogP contribution in [-0.4, -0.2) is 23.8 Å². The molecule has 0 aliphatic heterocycles. The van der Waals surface area contributed by atoms with Crippen molar-refractivity contribution in [3.05, 3.63) is 35.4 Å². The van der Waals surface area contributed by atoms with Gasteiger partial charge in [0.25, 0.3) is 0 Å². The van der Waals surface area contributed by atoms with Crippen LogP contribution in [0, 0.1) is 6.92 Å². The Morgan fingerprint density at radius 2 is 2.00 bits per heavy atom. The summed E-state index contributed by atoms with van der Waals surface area (Å²) in [6.07, 6.45) is 2.20. The van der Waals surface area contributed by atoms with E-state index in [0.29, 0.717) is 6.04 Å². The van der Waals surface area contributed by atoms with Gasteiger partial charge in [-0.3, -0.25) is 0 Å². The first-order valence-corrected chi connectivity index (χ1v) is 6.04. The largest absolute Gasteiger partial charge is 0.395 e. The summed E-state index contributed by atoms with van der Waals surface area (Å²) in [4.78, 5) is 0. The molecule has 16 heavy (non-hydrogen) atoms. The van der Waals surface area contributed by atoms with E-state index in [0.717, 1.165) is 12.8 Å². The molecule has 0 aliphatic carbocycles. The third kappa shape index (κ3) is 4.77. The third-order valence-electron chi connectivity index (χ3n) is 2.79. The fourth-order valence-electron chi connectivity index (χ4n) is 1.87. The molecule has 1 rings (SSSR count). The first-order chi connectivity index (χ1) is 7.61. The van der Waals surface area contributed by atoms with Gasteiger partial charge in [0.1, 0.15) is 0 Å². The summed E-state index contributed by atoms with van der Waals surface area (Å²) in [6, 6.07) is 9.28. The van der Waals surface area contributed by atoms with Crippen LogP contribution in [0.4, 0.5) is 0 Å². The lowest BCUT2D eigenvalue weighted by Gasteiger charge is -2.18. The molecule has 1 aromatic rings. The number of nitrogens with one attached hydrogen (secondary N) is 1. The molecule has 0 radical (unpaired) electrons. The lowest BCUT2D eigenvalue weighted by Crippen LogP contribution is -2.36. The fraction of sp³-hybridized carbons (Fsp3) is 0.571. The Morgan fingerprint density at radius 3 is 2.62 bits per heavy atom. The smallest absolute Gasteiger partial charge is 0.0582 e. The van der Waals surface area contributed by atoms with Crippen LogP contribution < -0.4 is 5.32 Å². The highest BCUT2D eigenvalue weighted by atomic mass is 16.3. The molecule has 0 saturated carbocycles. The first kappa shape index (κ1) is 13.2. The van der Waals surface area contributed by atoms with Crippen molar-refractivity contribution in [1.82, 2.24) is 5.32 Å². The number of benzene rings is 1. The van der Waals surface area contributed by atoms with Crippen molar-refractivity contribution in [3.63, 3.8) is 0 Å². The van der Waals surface area contributed by atoms with Crippen LogP contribution in [0.2, 0.25) is 0 Å². The van der Waals surface area contributed by atoms with Gasteiger partial charge in [-0.2, -0.15) is 0 Å². The Kier molecular flexibility index (Phi) is 5.50. The normalized spacial score (nSPS) is 14.8. The second-order valence-corrected chi connectivity index (χ2v) is 4.68. The van der Waals surface area contributed by atoms with Gasteiger partial charge in [-0.05, 0) is 39.2 Å². The van der Waals surface area contributed by atoms with Crippen LogP contribution in [0.15, 0.2) is 24.3 Å². The Morgan fingerprint density at radius 1 is 1.25 bits per heavy atom.